The minimum Gasteiger partial charge on any atom is -0.292 e. The van der Waals surface area contributed by atoms with Gasteiger partial charge in [0.25, 0.3) is 0 Å². The van der Waals surface area contributed by atoms with Crippen LogP contribution in [0.2, 0.25) is 0 Å². The van der Waals surface area contributed by atoms with E-state index in [-0.39, 0.29) is 17.9 Å². The van der Waals surface area contributed by atoms with Crippen molar-refractivity contribution in [1.29, 1.82) is 0 Å². The van der Waals surface area contributed by atoms with Crippen LogP contribution in [0.4, 0.5) is 0 Å². The highest BCUT2D eigenvalue weighted by molar-refractivity contribution is 7.10. The van der Waals surface area contributed by atoms with Gasteiger partial charge in [-0.25, -0.2) is 0 Å². The van der Waals surface area contributed by atoms with Crippen molar-refractivity contribution in [2.75, 3.05) is 7.05 Å². The number of thiophene rings is 1. The number of Topliss-reactive ketones (excluding diaryl/α,β-unsaturated/α-hetero) is 1. The highest BCUT2D eigenvalue weighted by atomic mass is 32.1. The maximum Gasteiger partial charge on any atom is 0.179 e. The molecule has 0 saturated heterocycles. The Morgan fingerprint density at radius 2 is 1.80 bits per heavy atom. The van der Waals surface area contributed by atoms with Crippen LogP contribution < -0.4 is 0 Å². The summed E-state index contributed by atoms with van der Waals surface area (Å²) in [6.07, 6.45) is 0. The molecule has 2 rings (SSSR count). The van der Waals surface area contributed by atoms with E-state index in [9.17, 15) is 4.79 Å². The van der Waals surface area contributed by atoms with Crippen LogP contribution in [0.25, 0.3) is 0 Å². The quantitative estimate of drug-likeness (QED) is 0.763. The van der Waals surface area contributed by atoms with Gasteiger partial charge < -0.3 is 0 Å². The lowest BCUT2D eigenvalue weighted by Crippen LogP contribution is -2.37. The first kappa shape index (κ1) is 14.9. The lowest BCUT2D eigenvalue weighted by atomic mass is 10.0. The van der Waals surface area contributed by atoms with E-state index in [0.717, 1.165) is 5.56 Å². The van der Waals surface area contributed by atoms with Gasteiger partial charge in [0, 0.05) is 16.5 Å². The first-order chi connectivity index (χ1) is 9.50. The molecule has 3 heteroatoms. The number of rotatable bonds is 5. The molecule has 2 nitrogen and oxygen atoms in total. The van der Waals surface area contributed by atoms with Gasteiger partial charge in [-0.2, -0.15) is 0 Å². The third kappa shape index (κ3) is 3.17. The zero-order chi connectivity index (χ0) is 14.7. The number of carbonyl (C=O) groups is 1. The fraction of sp³-hybridized carbons (Fsp3) is 0.353. The van der Waals surface area contributed by atoms with Crippen molar-refractivity contribution >= 4 is 17.1 Å². The van der Waals surface area contributed by atoms with Crippen LogP contribution in [-0.4, -0.2) is 23.8 Å². The number of ketones is 1. The van der Waals surface area contributed by atoms with Crippen LogP contribution >= 0.6 is 11.3 Å². The van der Waals surface area contributed by atoms with Crippen LogP contribution in [0.1, 0.15) is 40.7 Å². The molecule has 20 heavy (non-hydrogen) atoms. The van der Waals surface area contributed by atoms with E-state index >= 15 is 0 Å². The van der Waals surface area contributed by atoms with Gasteiger partial charge in [0.15, 0.2) is 5.78 Å². The second kappa shape index (κ2) is 6.33. The molecular weight excluding hydrogens is 266 g/mol. The molecule has 0 amide bonds. The lowest BCUT2D eigenvalue weighted by Gasteiger charge is -2.29. The fourth-order valence-electron chi connectivity index (χ4n) is 2.21. The van der Waals surface area contributed by atoms with E-state index in [2.05, 4.69) is 29.3 Å². The third-order valence-corrected chi connectivity index (χ3v) is 4.93. The van der Waals surface area contributed by atoms with E-state index in [1.807, 2.05) is 45.2 Å². The second-order valence-electron chi connectivity index (χ2n) is 5.26. The van der Waals surface area contributed by atoms with Crippen LogP contribution in [-0.2, 0) is 0 Å². The molecule has 0 spiro atoms. The number of hydrogen-bond acceptors (Lipinski definition) is 3. The van der Waals surface area contributed by atoms with E-state index in [1.54, 1.807) is 11.3 Å². The van der Waals surface area contributed by atoms with Gasteiger partial charge in [-0.3, -0.25) is 9.69 Å². The maximum absolute atomic E-state index is 12.5. The van der Waals surface area contributed by atoms with Gasteiger partial charge in [-0.15, -0.1) is 11.3 Å². The molecule has 1 aromatic heterocycles. The summed E-state index contributed by atoms with van der Waals surface area (Å²) in [5, 5.41) is 2.08. The van der Waals surface area contributed by atoms with Crippen molar-refractivity contribution in [2.45, 2.75) is 32.9 Å². The Morgan fingerprint density at radius 1 is 1.15 bits per heavy atom. The standard InChI is InChI=1S/C17H21NOS/c1-12-7-9-15(10-8-12)17(19)14(3)18(4)13(2)16-6-5-11-20-16/h5-11,13-14H,1-4H3. The summed E-state index contributed by atoms with van der Waals surface area (Å²) in [7, 11) is 2.02. The summed E-state index contributed by atoms with van der Waals surface area (Å²) in [6.45, 7) is 6.15. The molecule has 0 bridgehead atoms. The van der Waals surface area contributed by atoms with E-state index in [4.69, 9.17) is 0 Å². The summed E-state index contributed by atoms with van der Waals surface area (Å²) in [6, 6.07) is 12.1. The smallest absolute Gasteiger partial charge is 0.179 e. The molecule has 0 aliphatic heterocycles. The summed E-state index contributed by atoms with van der Waals surface area (Å²) < 4.78 is 0. The Morgan fingerprint density at radius 3 is 2.35 bits per heavy atom. The summed E-state index contributed by atoms with van der Waals surface area (Å²) >= 11 is 1.73. The first-order valence-electron chi connectivity index (χ1n) is 6.87. The summed E-state index contributed by atoms with van der Waals surface area (Å²) in [5.74, 6) is 0.177. The highest BCUT2D eigenvalue weighted by Crippen LogP contribution is 2.25. The van der Waals surface area contributed by atoms with E-state index < -0.39 is 0 Å². The number of aryl methyl sites for hydroxylation is 1. The normalized spacial score (nSPS) is 14.2. The Balaban J connectivity index is 2.12. The molecule has 0 N–H and O–H groups in total. The molecule has 0 fully saturated rings. The number of benzene rings is 1. The molecule has 106 valence electrons. The largest absolute Gasteiger partial charge is 0.292 e. The van der Waals surface area contributed by atoms with Gasteiger partial charge in [0.1, 0.15) is 0 Å². The number of nitrogens with zero attached hydrogens (tertiary/aromatic N) is 1. The maximum atomic E-state index is 12.5. The number of hydrogen-bond donors (Lipinski definition) is 0. The van der Waals surface area contributed by atoms with Crippen molar-refractivity contribution in [3.63, 3.8) is 0 Å². The zero-order valence-electron chi connectivity index (χ0n) is 12.5. The molecular formula is C17H21NOS. The Labute approximate surface area is 125 Å². The molecule has 0 radical (unpaired) electrons. The molecule has 0 aliphatic carbocycles. The molecule has 0 saturated carbocycles. The summed E-state index contributed by atoms with van der Waals surface area (Å²) in [5.41, 5.74) is 1.96. The number of carbonyl (C=O) groups excluding carboxylic acids is 1. The molecule has 1 heterocycles. The minimum absolute atomic E-state index is 0.130. The van der Waals surface area contributed by atoms with Gasteiger partial charge >= 0.3 is 0 Å². The average molecular weight is 287 g/mol. The van der Waals surface area contributed by atoms with E-state index in [1.165, 1.54) is 10.4 Å². The fourth-order valence-corrected chi connectivity index (χ4v) is 3.04. The Hall–Kier alpha value is -1.45. The Kier molecular flexibility index (Phi) is 4.73. The van der Waals surface area contributed by atoms with Gasteiger partial charge in [0.05, 0.1) is 6.04 Å². The first-order valence-corrected chi connectivity index (χ1v) is 7.75. The van der Waals surface area contributed by atoms with Crippen molar-refractivity contribution in [2.24, 2.45) is 0 Å². The predicted octanol–water partition coefficient (Wildman–Crippen LogP) is 4.32. The van der Waals surface area contributed by atoms with Crippen LogP contribution in [0.15, 0.2) is 41.8 Å². The zero-order valence-corrected chi connectivity index (χ0v) is 13.3. The van der Waals surface area contributed by atoms with Gasteiger partial charge in [-0.1, -0.05) is 35.9 Å². The van der Waals surface area contributed by atoms with Crippen molar-refractivity contribution in [3.8, 4) is 0 Å². The van der Waals surface area contributed by atoms with Crippen molar-refractivity contribution in [1.82, 2.24) is 4.90 Å². The molecule has 2 atom stereocenters. The highest BCUT2D eigenvalue weighted by Gasteiger charge is 2.24. The van der Waals surface area contributed by atoms with E-state index in [0.29, 0.717) is 0 Å². The van der Waals surface area contributed by atoms with Crippen LogP contribution in [0, 0.1) is 6.92 Å². The van der Waals surface area contributed by atoms with Crippen LogP contribution in [0.5, 0.6) is 0 Å². The Bertz CT molecular complexity index is 559. The molecule has 2 aromatic rings. The topological polar surface area (TPSA) is 20.3 Å². The lowest BCUT2D eigenvalue weighted by molar-refractivity contribution is 0.0828. The van der Waals surface area contributed by atoms with Crippen molar-refractivity contribution in [3.05, 3.63) is 57.8 Å². The molecule has 0 aliphatic rings. The molecule has 2 unspecified atom stereocenters. The van der Waals surface area contributed by atoms with Crippen LogP contribution in [0.3, 0.4) is 0 Å². The SMILES string of the molecule is Cc1ccc(C(=O)C(C)N(C)C(C)c2cccs2)cc1. The third-order valence-electron chi connectivity index (χ3n) is 3.89. The average Bonchev–Trinajstić information content (AvgIpc) is 2.99. The monoisotopic (exact) mass is 287 g/mol. The number of likely N-dealkylation sites (N-methyl/N-ethyl adjacent to an activating group) is 1. The molecule has 1 aromatic carbocycles. The minimum atomic E-state index is -0.130. The van der Waals surface area contributed by atoms with Gasteiger partial charge in [-0.05, 0) is 39.3 Å². The predicted molar refractivity (Wildman–Crippen MR) is 85.5 cm³/mol. The second-order valence-corrected chi connectivity index (χ2v) is 6.24. The van der Waals surface area contributed by atoms with Crippen molar-refractivity contribution < 1.29 is 4.79 Å². The summed E-state index contributed by atoms with van der Waals surface area (Å²) in [4.78, 5) is 16.0. The van der Waals surface area contributed by atoms with Gasteiger partial charge in [0.2, 0.25) is 0 Å².